The Labute approximate surface area is 176 Å². The number of nitrogens with one attached hydrogen (secondary N) is 2. The molecule has 7 nitrogen and oxygen atoms in total. The fourth-order valence-electron chi connectivity index (χ4n) is 3.99. The van der Waals surface area contributed by atoms with Crippen molar-refractivity contribution in [1.29, 1.82) is 0 Å². The molecule has 2 amide bonds. The number of nitrogens with zero attached hydrogens (tertiary/aromatic N) is 1. The number of fused-ring (bicyclic) bond motifs is 1. The van der Waals surface area contributed by atoms with Gasteiger partial charge < -0.3 is 24.6 Å². The van der Waals surface area contributed by atoms with E-state index in [0.29, 0.717) is 31.1 Å². The van der Waals surface area contributed by atoms with Crippen LogP contribution in [0.15, 0.2) is 42.5 Å². The van der Waals surface area contributed by atoms with E-state index in [4.69, 9.17) is 9.47 Å². The zero-order chi connectivity index (χ0) is 21.1. The zero-order valence-corrected chi connectivity index (χ0v) is 17.4. The van der Waals surface area contributed by atoms with Crippen LogP contribution < -0.4 is 19.7 Å². The number of quaternary nitrogens is 1. The van der Waals surface area contributed by atoms with E-state index in [0.717, 1.165) is 29.9 Å². The lowest BCUT2D eigenvalue weighted by Crippen LogP contribution is -3.15. The van der Waals surface area contributed by atoms with Crippen molar-refractivity contribution >= 4 is 17.5 Å². The summed E-state index contributed by atoms with van der Waals surface area (Å²) >= 11 is 0. The maximum absolute atomic E-state index is 12.8. The molecule has 7 heteroatoms. The Kier molecular flexibility index (Phi) is 5.90. The van der Waals surface area contributed by atoms with Crippen LogP contribution in [0.3, 0.4) is 0 Å². The molecule has 2 N–H and O–H groups in total. The van der Waals surface area contributed by atoms with Gasteiger partial charge in [0.2, 0.25) is 6.10 Å². The quantitative estimate of drug-likeness (QED) is 0.783. The van der Waals surface area contributed by atoms with Crippen LogP contribution in [-0.4, -0.2) is 62.1 Å². The number of hydrogen-bond donors (Lipinski definition) is 2. The molecule has 1 fully saturated rings. The lowest BCUT2D eigenvalue weighted by atomic mass is 10.1. The molecule has 158 valence electrons. The van der Waals surface area contributed by atoms with Crippen LogP contribution in [0.25, 0.3) is 0 Å². The Hall–Kier alpha value is -3.06. The second-order valence-electron chi connectivity index (χ2n) is 7.93. The maximum atomic E-state index is 12.8. The molecule has 2 aromatic rings. The highest BCUT2D eigenvalue weighted by Crippen LogP contribution is 2.31. The number of hydrogen-bond acceptors (Lipinski definition) is 4. The van der Waals surface area contributed by atoms with Gasteiger partial charge in [-0.05, 0) is 37.1 Å². The fourth-order valence-corrected chi connectivity index (χ4v) is 3.99. The van der Waals surface area contributed by atoms with Crippen molar-refractivity contribution in [3.63, 3.8) is 0 Å². The average Bonchev–Trinajstić information content (AvgIpc) is 2.76. The minimum atomic E-state index is -0.617. The van der Waals surface area contributed by atoms with Crippen molar-refractivity contribution in [1.82, 2.24) is 4.90 Å². The molecule has 0 spiro atoms. The molecule has 30 heavy (non-hydrogen) atoms. The molecular formula is C23H28N3O4+. The van der Waals surface area contributed by atoms with Gasteiger partial charge in [-0.1, -0.05) is 30.3 Å². The van der Waals surface area contributed by atoms with Gasteiger partial charge in [-0.3, -0.25) is 9.59 Å². The lowest BCUT2D eigenvalue weighted by molar-refractivity contribution is -0.895. The predicted molar refractivity (Wildman–Crippen MR) is 113 cm³/mol. The molecular weight excluding hydrogens is 382 g/mol. The van der Waals surface area contributed by atoms with Crippen LogP contribution >= 0.6 is 0 Å². The minimum Gasteiger partial charge on any atom is -0.485 e. The van der Waals surface area contributed by atoms with Crippen LogP contribution in [0.2, 0.25) is 0 Å². The summed E-state index contributed by atoms with van der Waals surface area (Å²) in [6, 6.07) is 13.4. The van der Waals surface area contributed by atoms with E-state index < -0.39 is 6.10 Å². The zero-order valence-electron chi connectivity index (χ0n) is 17.4. The molecule has 1 atom stereocenters. The van der Waals surface area contributed by atoms with Crippen molar-refractivity contribution in [3.05, 3.63) is 53.6 Å². The van der Waals surface area contributed by atoms with E-state index in [1.807, 2.05) is 61.2 Å². The maximum Gasteiger partial charge on any atom is 0.279 e. The van der Waals surface area contributed by atoms with Crippen LogP contribution in [0, 0.1) is 13.8 Å². The number of carbonyl (C=O) groups excluding carboxylic acids is 2. The highest BCUT2D eigenvalue weighted by molar-refractivity contribution is 5.93. The summed E-state index contributed by atoms with van der Waals surface area (Å²) in [5.41, 5.74) is 3.01. The Morgan fingerprint density at radius 3 is 2.40 bits per heavy atom. The van der Waals surface area contributed by atoms with E-state index in [1.165, 1.54) is 4.90 Å². The molecule has 1 saturated heterocycles. The van der Waals surface area contributed by atoms with Gasteiger partial charge in [0.25, 0.3) is 11.8 Å². The highest BCUT2D eigenvalue weighted by Gasteiger charge is 2.34. The van der Waals surface area contributed by atoms with Crippen LogP contribution in [0.4, 0.5) is 5.69 Å². The monoisotopic (exact) mass is 410 g/mol. The van der Waals surface area contributed by atoms with Crippen molar-refractivity contribution in [2.45, 2.75) is 20.0 Å². The summed E-state index contributed by atoms with van der Waals surface area (Å²) in [5.74, 6) is 1.23. The molecule has 2 heterocycles. The topological polar surface area (TPSA) is 72.3 Å². The van der Waals surface area contributed by atoms with Gasteiger partial charge in [0.05, 0.1) is 26.2 Å². The number of aryl methyl sites for hydroxylation is 2. The summed E-state index contributed by atoms with van der Waals surface area (Å²) in [6.07, 6.45) is -0.617. The van der Waals surface area contributed by atoms with Gasteiger partial charge in [0, 0.05) is 5.69 Å². The van der Waals surface area contributed by atoms with E-state index in [2.05, 4.69) is 5.32 Å². The molecule has 0 bridgehead atoms. The van der Waals surface area contributed by atoms with E-state index in [-0.39, 0.29) is 18.4 Å². The number of carbonyl (C=O) groups is 2. The first-order chi connectivity index (χ1) is 14.5. The standard InChI is InChI=1S/C23H27N3O4/c1-16-6-5-7-17(2)22(16)24-21(27)14-25-10-12-26(13-11-25)23(28)20-15-29-18-8-3-4-9-19(18)30-20/h3-9,20H,10-15H2,1-2H3,(H,24,27)/p+1/t20-/m0/s1. The number of amides is 2. The first-order valence-corrected chi connectivity index (χ1v) is 10.4. The van der Waals surface area contributed by atoms with Crippen LogP contribution in [0.1, 0.15) is 11.1 Å². The molecule has 0 unspecified atom stereocenters. The van der Waals surface area contributed by atoms with Crippen molar-refractivity contribution in [2.75, 3.05) is 44.6 Å². The molecule has 0 aliphatic carbocycles. The number of rotatable bonds is 4. The summed E-state index contributed by atoms with van der Waals surface area (Å²) in [5, 5.41) is 3.04. The Balaban J connectivity index is 1.27. The summed E-state index contributed by atoms with van der Waals surface area (Å²) in [4.78, 5) is 28.3. The third-order valence-electron chi connectivity index (χ3n) is 5.72. The van der Waals surface area contributed by atoms with Gasteiger partial charge in [-0.2, -0.15) is 0 Å². The van der Waals surface area contributed by atoms with Crippen molar-refractivity contribution in [2.24, 2.45) is 0 Å². The molecule has 0 saturated carbocycles. The fraction of sp³-hybridized carbons (Fsp3) is 0.391. The van der Waals surface area contributed by atoms with Gasteiger partial charge in [-0.15, -0.1) is 0 Å². The summed E-state index contributed by atoms with van der Waals surface area (Å²) in [6.45, 7) is 7.28. The Bertz CT molecular complexity index is 918. The molecule has 0 aromatic heterocycles. The first-order valence-electron chi connectivity index (χ1n) is 10.4. The molecule has 0 radical (unpaired) electrons. The van der Waals surface area contributed by atoms with Gasteiger partial charge >= 0.3 is 0 Å². The van der Waals surface area contributed by atoms with E-state index >= 15 is 0 Å². The lowest BCUT2D eigenvalue weighted by Gasteiger charge is -2.35. The largest absolute Gasteiger partial charge is 0.485 e. The van der Waals surface area contributed by atoms with Gasteiger partial charge in [0.15, 0.2) is 18.0 Å². The number of benzene rings is 2. The SMILES string of the molecule is Cc1cccc(C)c1NC(=O)C[NH+]1CCN(C(=O)[C@@H]2COc3ccccc3O2)CC1. The summed E-state index contributed by atoms with van der Waals surface area (Å²) < 4.78 is 11.5. The number of ether oxygens (including phenoxy) is 2. The smallest absolute Gasteiger partial charge is 0.279 e. The predicted octanol–water partition coefficient (Wildman–Crippen LogP) is 0.809. The molecule has 2 aliphatic rings. The second-order valence-corrected chi connectivity index (χ2v) is 7.93. The molecule has 2 aliphatic heterocycles. The Morgan fingerprint density at radius 1 is 1.03 bits per heavy atom. The van der Waals surface area contributed by atoms with E-state index in [1.54, 1.807) is 0 Å². The molecule has 4 rings (SSSR count). The molecule has 2 aromatic carbocycles. The number of anilines is 1. The normalized spacial score (nSPS) is 18.7. The van der Waals surface area contributed by atoms with E-state index in [9.17, 15) is 9.59 Å². The van der Waals surface area contributed by atoms with Crippen molar-refractivity contribution < 1.29 is 24.0 Å². The third-order valence-corrected chi connectivity index (χ3v) is 5.72. The van der Waals surface area contributed by atoms with Crippen molar-refractivity contribution in [3.8, 4) is 11.5 Å². The Morgan fingerprint density at radius 2 is 1.70 bits per heavy atom. The van der Waals surface area contributed by atoms with Gasteiger partial charge in [-0.25, -0.2) is 0 Å². The third kappa shape index (κ3) is 4.41. The van der Waals surface area contributed by atoms with Gasteiger partial charge in [0.1, 0.15) is 6.61 Å². The number of piperazine rings is 1. The van der Waals surface area contributed by atoms with Crippen LogP contribution in [-0.2, 0) is 9.59 Å². The second kappa shape index (κ2) is 8.75. The first kappa shape index (κ1) is 20.2. The minimum absolute atomic E-state index is 0.00259. The average molecular weight is 410 g/mol. The van der Waals surface area contributed by atoms with Crippen LogP contribution in [0.5, 0.6) is 11.5 Å². The number of para-hydroxylation sites is 3. The highest BCUT2D eigenvalue weighted by atomic mass is 16.6. The summed E-state index contributed by atoms with van der Waals surface area (Å²) in [7, 11) is 0.